The van der Waals surface area contributed by atoms with Crippen LogP contribution in [0.3, 0.4) is 0 Å². The molecule has 1 aromatic heterocycles. The topological polar surface area (TPSA) is 42.9 Å². The van der Waals surface area contributed by atoms with Gasteiger partial charge in [-0.15, -0.1) is 12.6 Å². The van der Waals surface area contributed by atoms with Gasteiger partial charge >= 0.3 is 6.18 Å². The van der Waals surface area contributed by atoms with Gasteiger partial charge in [-0.3, -0.25) is 4.79 Å². The molecule has 0 saturated carbocycles. The highest BCUT2D eigenvalue weighted by atomic mass is 32.1. The van der Waals surface area contributed by atoms with Crippen LogP contribution in [0.2, 0.25) is 0 Å². The fourth-order valence-corrected chi connectivity index (χ4v) is 1.12. The van der Waals surface area contributed by atoms with Crippen molar-refractivity contribution in [3.05, 3.63) is 24.3 Å². The summed E-state index contributed by atoms with van der Waals surface area (Å²) in [5.74, 6) is -2.94. The van der Waals surface area contributed by atoms with E-state index in [4.69, 9.17) is 0 Å². The third-order valence-electron chi connectivity index (χ3n) is 1.42. The molecule has 0 N–H and O–H groups in total. The van der Waals surface area contributed by atoms with Gasteiger partial charge in [0.25, 0.3) is 0 Å². The van der Waals surface area contributed by atoms with E-state index in [-0.39, 0.29) is 0 Å². The van der Waals surface area contributed by atoms with Crippen LogP contribution in [0.5, 0.6) is 0 Å². The number of rotatable bonds is 2. The van der Waals surface area contributed by atoms with E-state index in [9.17, 15) is 18.0 Å². The van der Waals surface area contributed by atoms with Crippen molar-refractivity contribution in [1.29, 1.82) is 0 Å². The van der Waals surface area contributed by atoms with E-state index in [1.165, 1.54) is 6.07 Å². The van der Waals surface area contributed by atoms with Gasteiger partial charge in [0.05, 0.1) is 0 Å². The molecule has 14 heavy (non-hydrogen) atoms. The molecule has 0 aliphatic carbocycles. The normalized spacial score (nSPS) is 13.7. The molecular weight excluding hydrogens is 217 g/mol. The predicted octanol–water partition coefficient (Wildman–Crippen LogP) is 1.58. The minimum atomic E-state index is -4.71. The average Bonchev–Trinajstić information content (AvgIpc) is 2.02. The summed E-state index contributed by atoms with van der Waals surface area (Å²) in [5.41, 5.74) is 0. The first kappa shape index (κ1) is 11.0. The molecule has 0 aliphatic rings. The Labute approximate surface area is 82.8 Å². The van der Waals surface area contributed by atoms with E-state index < -0.39 is 23.0 Å². The highest BCUT2D eigenvalue weighted by Gasteiger charge is 2.46. The summed E-state index contributed by atoms with van der Waals surface area (Å²) < 4.78 is 36.9. The van der Waals surface area contributed by atoms with Gasteiger partial charge in [0, 0.05) is 12.4 Å². The van der Waals surface area contributed by atoms with Gasteiger partial charge in [-0.05, 0) is 6.07 Å². The Balaban J connectivity index is 3.08. The standard InChI is InChI=1S/C7H5F3N2OS/c8-7(9,10)4(6(13)14)5-11-2-1-3-12-5/h1-4H,(H,13,14). The maximum atomic E-state index is 12.3. The molecule has 1 rings (SSSR count). The second-order valence-corrected chi connectivity index (χ2v) is 2.86. The number of hydrogen-bond acceptors (Lipinski definition) is 3. The van der Waals surface area contributed by atoms with Gasteiger partial charge in [-0.2, -0.15) is 13.2 Å². The van der Waals surface area contributed by atoms with E-state index in [1.54, 1.807) is 0 Å². The Morgan fingerprint density at radius 2 is 1.86 bits per heavy atom. The van der Waals surface area contributed by atoms with Crippen LogP contribution in [-0.2, 0) is 4.79 Å². The van der Waals surface area contributed by atoms with E-state index in [1.807, 2.05) is 0 Å². The Bertz CT molecular complexity index is 327. The lowest BCUT2D eigenvalue weighted by atomic mass is 10.1. The van der Waals surface area contributed by atoms with E-state index in [0.717, 1.165) is 12.4 Å². The number of thiol groups is 1. The lowest BCUT2D eigenvalue weighted by molar-refractivity contribution is -0.159. The van der Waals surface area contributed by atoms with Crippen molar-refractivity contribution in [1.82, 2.24) is 9.97 Å². The first-order valence-electron chi connectivity index (χ1n) is 3.49. The van der Waals surface area contributed by atoms with Crippen LogP contribution in [0.1, 0.15) is 11.7 Å². The molecule has 1 unspecified atom stereocenters. The molecular formula is C7H5F3N2OS. The van der Waals surface area contributed by atoms with Crippen molar-refractivity contribution in [2.24, 2.45) is 0 Å². The second-order valence-electron chi connectivity index (χ2n) is 2.42. The van der Waals surface area contributed by atoms with Crippen LogP contribution in [-0.4, -0.2) is 21.3 Å². The van der Waals surface area contributed by atoms with Crippen molar-refractivity contribution in [2.75, 3.05) is 0 Å². The number of alkyl halides is 3. The monoisotopic (exact) mass is 222 g/mol. The molecule has 1 atom stereocenters. The van der Waals surface area contributed by atoms with E-state index in [2.05, 4.69) is 22.6 Å². The summed E-state index contributed by atoms with van der Waals surface area (Å²) in [7, 11) is 0. The zero-order valence-corrected chi connectivity index (χ0v) is 7.59. The molecule has 0 radical (unpaired) electrons. The minimum Gasteiger partial charge on any atom is -0.286 e. The lowest BCUT2D eigenvalue weighted by Gasteiger charge is -2.14. The highest BCUT2D eigenvalue weighted by molar-refractivity contribution is 7.96. The number of aromatic nitrogens is 2. The van der Waals surface area contributed by atoms with E-state index >= 15 is 0 Å². The maximum Gasteiger partial charge on any atom is 0.406 e. The Kier molecular flexibility index (Phi) is 3.10. The van der Waals surface area contributed by atoms with Gasteiger partial charge < -0.3 is 0 Å². The molecule has 7 heteroatoms. The average molecular weight is 222 g/mol. The number of nitrogens with zero attached hydrogens (tertiary/aromatic N) is 2. The maximum absolute atomic E-state index is 12.3. The molecule has 0 amide bonds. The summed E-state index contributed by atoms with van der Waals surface area (Å²) in [6.45, 7) is 0. The Morgan fingerprint density at radius 1 is 1.36 bits per heavy atom. The zero-order valence-electron chi connectivity index (χ0n) is 6.69. The van der Waals surface area contributed by atoms with Crippen LogP contribution in [0.25, 0.3) is 0 Å². The van der Waals surface area contributed by atoms with Gasteiger partial charge in [0.2, 0.25) is 5.12 Å². The van der Waals surface area contributed by atoms with Crippen LogP contribution in [0, 0.1) is 0 Å². The van der Waals surface area contributed by atoms with Gasteiger partial charge in [-0.25, -0.2) is 9.97 Å². The largest absolute Gasteiger partial charge is 0.406 e. The lowest BCUT2D eigenvalue weighted by Crippen LogP contribution is -2.27. The molecule has 0 bridgehead atoms. The number of halogens is 3. The van der Waals surface area contributed by atoms with Crippen LogP contribution in [0.15, 0.2) is 18.5 Å². The number of hydrogen-bond donors (Lipinski definition) is 1. The predicted molar refractivity (Wildman–Crippen MR) is 44.8 cm³/mol. The molecule has 76 valence electrons. The van der Waals surface area contributed by atoms with Crippen molar-refractivity contribution < 1.29 is 18.0 Å². The second kappa shape index (κ2) is 3.95. The van der Waals surface area contributed by atoms with Crippen molar-refractivity contribution in [3.63, 3.8) is 0 Å². The minimum absolute atomic E-state index is 0.583. The Hall–Kier alpha value is -1.11. The van der Waals surface area contributed by atoms with Crippen LogP contribution < -0.4 is 0 Å². The first-order valence-corrected chi connectivity index (χ1v) is 3.94. The first-order chi connectivity index (χ1) is 6.43. The van der Waals surface area contributed by atoms with Crippen LogP contribution >= 0.6 is 12.6 Å². The van der Waals surface area contributed by atoms with Gasteiger partial charge in [0.15, 0.2) is 5.92 Å². The quantitative estimate of drug-likeness (QED) is 0.772. The molecule has 1 aromatic rings. The number of carbonyl (C=O) groups excluding carboxylic acids is 1. The molecule has 1 heterocycles. The van der Waals surface area contributed by atoms with E-state index in [0.29, 0.717) is 0 Å². The third kappa shape index (κ3) is 2.44. The molecule has 0 spiro atoms. The fourth-order valence-electron chi connectivity index (χ4n) is 0.857. The van der Waals surface area contributed by atoms with Crippen molar-refractivity contribution in [3.8, 4) is 0 Å². The molecule has 0 fully saturated rings. The van der Waals surface area contributed by atoms with Gasteiger partial charge in [0.1, 0.15) is 5.82 Å². The summed E-state index contributed by atoms with van der Waals surface area (Å²) in [6.07, 6.45) is -2.43. The van der Waals surface area contributed by atoms with Crippen LogP contribution in [0.4, 0.5) is 13.2 Å². The zero-order chi connectivity index (χ0) is 10.8. The smallest absolute Gasteiger partial charge is 0.286 e. The molecule has 0 aromatic carbocycles. The van der Waals surface area contributed by atoms with Crippen molar-refractivity contribution >= 4 is 17.7 Å². The Morgan fingerprint density at radius 3 is 2.21 bits per heavy atom. The summed E-state index contributed by atoms with van der Waals surface area (Å²) in [6, 6.07) is 1.36. The number of carbonyl (C=O) groups is 1. The SMILES string of the molecule is O=C(S)C(c1ncccn1)C(F)(F)F. The molecule has 0 saturated heterocycles. The summed E-state index contributed by atoms with van der Waals surface area (Å²) in [4.78, 5) is 17.4. The van der Waals surface area contributed by atoms with Gasteiger partial charge in [-0.1, -0.05) is 0 Å². The third-order valence-corrected chi connectivity index (χ3v) is 1.68. The summed E-state index contributed by atoms with van der Waals surface area (Å²) in [5, 5.41) is -1.32. The highest BCUT2D eigenvalue weighted by Crippen LogP contribution is 2.34. The molecule has 0 aliphatic heterocycles. The summed E-state index contributed by atoms with van der Waals surface area (Å²) >= 11 is 3.16. The van der Waals surface area contributed by atoms with Crippen molar-refractivity contribution in [2.45, 2.75) is 12.1 Å². The molecule has 3 nitrogen and oxygen atoms in total. The fraction of sp³-hybridized carbons (Fsp3) is 0.286.